The van der Waals surface area contributed by atoms with Crippen molar-refractivity contribution in [2.24, 2.45) is 0 Å². The van der Waals surface area contributed by atoms with Gasteiger partial charge in [-0.05, 0) is 43.5 Å². The Morgan fingerprint density at radius 3 is 2.25 bits per heavy atom. The van der Waals surface area contributed by atoms with E-state index in [1.165, 1.54) is 0 Å². The number of hydrogen-bond acceptors (Lipinski definition) is 3. The summed E-state index contributed by atoms with van der Waals surface area (Å²) in [7, 11) is 1.58. The Morgan fingerprint density at radius 1 is 1.30 bits per heavy atom. The summed E-state index contributed by atoms with van der Waals surface area (Å²) in [6.45, 7) is 5.58. The van der Waals surface area contributed by atoms with Gasteiger partial charge in [0, 0.05) is 5.56 Å². The van der Waals surface area contributed by atoms with E-state index in [1.54, 1.807) is 19.2 Å². The van der Waals surface area contributed by atoms with E-state index in [1.807, 2.05) is 20.8 Å². The van der Waals surface area contributed by atoms with Crippen molar-refractivity contribution in [1.29, 1.82) is 0 Å². The minimum atomic E-state index is -1.01. The zero-order chi connectivity index (χ0) is 15.3. The SMILES string of the molecule is CCCC(NC(=O)c1cc(C)c(OC)c(C)c1)C(=O)O. The van der Waals surface area contributed by atoms with Crippen LogP contribution in [-0.4, -0.2) is 30.1 Å². The molecule has 0 spiro atoms. The Kier molecular flexibility index (Phi) is 5.55. The van der Waals surface area contributed by atoms with Crippen molar-refractivity contribution in [3.05, 3.63) is 28.8 Å². The Labute approximate surface area is 118 Å². The molecule has 1 unspecified atom stereocenters. The largest absolute Gasteiger partial charge is 0.496 e. The monoisotopic (exact) mass is 279 g/mol. The van der Waals surface area contributed by atoms with Gasteiger partial charge >= 0.3 is 5.97 Å². The van der Waals surface area contributed by atoms with Gasteiger partial charge in [0.25, 0.3) is 5.91 Å². The number of aryl methyl sites for hydroxylation is 2. The van der Waals surface area contributed by atoms with E-state index in [0.29, 0.717) is 18.4 Å². The molecular formula is C15H21NO4. The third-order valence-electron chi connectivity index (χ3n) is 3.11. The van der Waals surface area contributed by atoms with Gasteiger partial charge in [-0.1, -0.05) is 13.3 Å². The highest BCUT2D eigenvalue weighted by Crippen LogP contribution is 2.24. The summed E-state index contributed by atoms with van der Waals surface area (Å²) >= 11 is 0. The van der Waals surface area contributed by atoms with E-state index >= 15 is 0 Å². The molecule has 0 aromatic heterocycles. The molecule has 0 aliphatic carbocycles. The number of ether oxygens (including phenoxy) is 1. The zero-order valence-corrected chi connectivity index (χ0v) is 12.3. The van der Waals surface area contributed by atoms with Crippen molar-refractivity contribution >= 4 is 11.9 Å². The molecular weight excluding hydrogens is 258 g/mol. The van der Waals surface area contributed by atoms with Crippen LogP contribution >= 0.6 is 0 Å². The second-order valence-electron chi connectivity index (χ2n) is 4.80. The molecule has 1 atom stereocenters. The van der Waals surface area contributed by atoms with E-state index in [9.17, 15) is 9.59 Å². The molecule has 110 valence electrons. The Bertz CT molecular complexity index is 488. The summed E-state index contributed by atoms with van der Waals surface area (Å²) in [5.74, 6) is -0.647. The standard InChI is InChI=1S/C15H21NO4/c1-5-6-12(15(18)19)16-14(17)11-7-9(2)13(20-4)10(3)8-11/h7-8,12H,5-6H2,1-4H3,(H,16,17)(H,18,19). The number of carbonyl (C=O) groups excluding carboxylic acids is 1. The van der Waals surface area contributed by atoms with Gasteiger partial charge in [-0.15, -0.1) is 0 Å². The number of carboxylic acid groups (broad SMARTS) is 1. The molecule has 0 saturated heterocycles. The fraction of sp³-hybridized carbons (Fsp3) is 0.467. The van der Waals surface area contributed by atoms with Crippen LogP contribution in [0.15, 0.2) is 12.1 Å². The van der Waals surface area contributed by atoms with Crippen molar-refractivity contribution in [3.63, 3.8) is 0 Å². The second-order valence-corrected chi connectivity index (χ2v) is 4.80. The van der Waals surface area contributed by atoms with Crippen LogP contribution in [0.3, 0.4) is 0 Å². The smallest absolute Gasteiger partial charge is 0.326 e. The number of methoxy groups -OCH3 is 1. The highest BCUT2D eigenvalue weighted by Gasteiger charge is 2.20. The molecule has 2 N–H and O–H groups in total. The molecule has 0 aliphatic rings. The maximum Gasteiger partial charge on any atom is 0.326 e. The molecule has 5 heteroatoms. The lowest BCUT2D eigenvalue weighted by Crippen LogP contribution is -2.40. The predicted molar refractivity (Wildman–Crippen MR) is 76.3 cm³/mol. The Hall–Kier alpha value is -2.04. The first-order valence-electron chi connectivity index (χ1n) is 6.59. The number of hydrogen-bond donors (Lipinski definition) is 2. The van der Waals surface area contributed by atoms with E-state index < -0.39 is 12.0 Å². The number of benzene rings is 1. The highest BCUT2D eigenvalue weighted by molar-refractivity contribution is 5.97. The quantitative estimate of drug-likeness (QED) is 0.837. The van der Waals surface area contributed by atoms with E-state index in [2.05, 4.69) is 5.32 Å². The van der Waals surface area contributed by atoms with Crippen molar-refractivity contribution in [2.75, 3.05) is 7.11 Å². The van der Waals surface area contributed by atoms with E-state index in [-0.39, 0.29) is 5.91 Å². The van der Waals surface area contributed by atoms with E-state index in [4.69, 9.17) is 9.84 Å². The molecule has 1 amide bonds. The fourth-order valence-corrected chi connectivity index (χ4v) is 2.19. The molecule has 0 saturated carbocycles. The van der Waals surface area contributed by atoms with Gasteiger partial charge in [-0.25, -0.2) is 4.79 Å². The fourth-order valence-electron chi connectivity index (χ4n) is 2.19. The average molecular weight is 279 g/mol. The molecule has 1 aromatic rings. The predicted octanol–water partition coefficient (Wildman–Crippen LogP) is 2.30. The van der Waals surface area contributed by atoms with Gasteiger partial charge in [0.05, 0.1) is 7.11 Å². The van der Waals surface area contributed by atoms with Gasteiger partial charge in [-0.2, -0.15) is 0 Å². The van der Waals surface area contributed by atoms with Crippen molar-refractivity contribution in [2.45, 2.75) is 39.7 Å². The first-order chi connectivity index (χ1) is 9.40. The first kappa shape index (κ1) is 16.0. The van der Waals surface area contributed by atoms with Crippen LogP contribution in [0.5, 0.6) is 5.75 Å². The lowest BCUT2D eigenvalue weighted by atomic mass is 10.0. The summed E-state index contributed by atoms with van der Waals surface area (Å²) in [4.78, 5) is 23.2. The number of carbonyl (C=O) groups is 2. The molecule has 20 heavy (non-hydrogen) atoms. The summed E-state index contributed by atoms with van der Waals surface area (Å²) in [5.41, 5.74) is 2.14. The third kappa shape index (κ3) is 3.73. The third-order valence-corrected chi connectivity index (χ3v) is 3.11. The summed E-state index contributed by atoms with van der Waals surface area (Å²) in [6, 6.07) is 2.55. The van der Waals surface area contributed by atoms with Crippen LogP contribution in [0.4, 0.5) is 0 Å². The molecule has 1 rings (SSSR count). The molecule has 0 radical (unpaired) electrons. The number of aliphatic carboxylic acids is 1. The summed E-state index contributed by atoms with van der Waals surface area (Å²) in [5, 5.41) is 11.6. The van der Waals surface area contributed by atoms with Crippen LogP contribution < -0.4 is 10.1 Å². The average Bonchev–Trinajstić information content (AvgIpc) is 2.37. The molecule has 0 bridgehead atoms. The van der Waals surface area contributed by atoms with Gasteiger partial charge in [0.15, 0.2) is 0 Å². The molecule has 1 aromatic carbocycles. The van der Waals surface area contributed by atoms with Gasteiger partial charge in [0.1, 0.15) is 11.8 Å². The lowest BCUT2D eigenvalue weighted by Gasteiger charge is -2.15. The number of amides is 1. The van der Waals surface area contributed by atoms with Gasteiger partial charge in [-0.3, -0.25) is 4.79 Å². The minimum Gasteiger partial charge on any atom is -0.496 e. The van der Waals surface area contributed by atoms with Crippen LogP contribution in [0, 0.1) is 13.8 Å². The van der Waals surface area contributed by atoms with Crippen molar-refractivity contribution in [3.8, 4) is 5.75 Å². The summed E-state index contributed by atoms with van der Waals surface area (Å²) in [6.07, 6.45) is 1.10. The number of carboxylic acids is 1. The molecule has 0 fully saturated rings. The maximum absolute atomic E-state index is 12.1. The second kappa shape index (κ2) is 6.93. The Morgan fingerprint density at radius 2 is 1.85 bits per heavy atom. The number of nitrogens with one attached hydrogen (secondary N) is 1. The topological polar surface area (TPSA) is 75.6 Å². The first-order valence-corrected chi connectivity index (χ1v) is 6.59. The van der Waals surface area contributed by atoms with Gasteiger partial charge in [0.2, 0.25) is 0 Å². The van der Waals surface area contributed by atoms with Gasteiger partial charge < -0.3 is 15.2 Å². The minimum absolute atomic E-state index is 0.375. The summed E-state index contributed by atoms with van der Waals surface area (Å²) < 4.78 is 5.24. The lowest BCUT2D eigenvalue weighted by molar-refractivity contribution is -0.139. The number of rotatable bonds is 6. The maximum atomic E-state index is 12.1. The van der Waals surface area contributed by atoms with Crippen molar-refractivity contribution in [1.82, 2.24) is 5.32 Å². The van der Waals surface area contributed by atoms with E-state index in [0.717, 1.165) is 16.9 Å². The van der Waals surface area contributed by atoms with Crippen LogP contribution in [0.2, 0.25) is 0 Å². The van der Waals surface area contributed by atoms with Crippen LogP contribution in [0.25, 0.3) is 0 Å². The molecule has 5 nitrogen and oxygen atoms in total. The highest BCUT2D eigenvalue weighted by atomic mass is 16.5. The Balaban J connectivity index is 2.95. The van der Waals surface area contributed by atoms with Crippen LogP contribution in [-0.2, 0) is 4.79 Å². The zero-order valence-electron chi connectivity index (χ0n) is 12.3. The normalized spacial score (nSPS) is 11.8. The molecule has 0 aliphatic heterocycles. The van der Waals surface area contributed by atoms with Crippen LogP contribution in [0.1, 0.15) is 41.3 Å². The van der Waals surface area contributed by atoms with Crippen molar-refractivity contribution < 1.29 is 19.4 Å². The molecule has 0 heterocycles.